The van der Waals surface area contributed by atoms with Crippen molar-refractivity contribution in [2.75, 3.05) is 13.2 Å². The highest BCUT2D eigenvalue weighted by Gasteiger charge is 2.14. The Hall–Kier alpha value is -1.69. The van der Waals surface area contributed by atoms with Crippen molar-refractivity contribution in [1.82, 2.24) is 15.1 Å². The molecule has 1 aromatic rings. The number of carbonyl (C=O) groups excluding carboxylic acids is 1. The molecule has 1 aromatic heterocycles. The van der Waals surface area contributed by atoms with E-state index in [9.17, 15) is 9.59 Å². The molecular weight excluding hydrogens is 270 g/mol. The average Bonchev–Trinajstić information content (AvgIpc) is 2.96. The molecule has 1 atom stereocenters. The van der Waals surface area contributed by atoms with Crippen LogP contribution in [0.15, 0.2) is 16.9 Å². The molecule has 21 heavy (non-hydrogen) atoms. The first-order valence-electron chi connectivity index (χ1n) is 7.58. The second-order valence-corrected chi connectivity index (χ2v) is 5.45. The summed E-state index contributed by atoms with van der Waals surface area (Å²) >= 11 is 0. The molecule has 0 spiro atoms. The predicted molar refractivity (Wildman–Crippen MR) is 79.1 cm³/mol. The number of aryl methyl sites for hydroxylation is 1. The minimum Gasteiger partial charge on any atom is -0.378 e. The summed E-state index contributed by atoms with van der Waals surface area (Å²) in [6, 6.07) is 3.07. The van der Waals surface area contributed by atoms with Gasteiger partial charge in [0.15, 0.2) is 0 Å². The van der Waals surface area contributed by atoms with Crippen molar-refractivity contribution >= 4 is 5.91 Å². The minimum absolute atomic E-state index is 0.0216. The fourth-order valence-corrected chi connectivity index (χ4v) is 2.45. The van der Waals surface area contributed by atoms with Crippen LogP contribution in [0.1, 0.15) is 37.8 Å². The van der Waals surface area contributed by atoms with Gasteiger partial charge in [0.2, 0.25) is 5.91 Å². The SMILES string of the molecule is Cc1ccc(=O)n(CC(=O)NCCCCC2CCCO2)n1. The topological polar surface area (TPSA) is 73.2 Å². The van der Waals surface area contributed by atoms with E-state index < -0.39 is 0 Å². The first kappa shape index (κ1) is 15.7. The largest absolute Gasteiger partial charge is 0.378 e. The molecule has 0 radical (unpaired) electrons. The van der Waals surface area contributed by atoms with Crippen molar-refractivity contribution in [3.63, 3.8) is 0 Å². The third-order valence-corrected chi connectivity index (χ3v) is 3.59. The Bertz CT molecular complexity index is 521. The van der Waals surface area contributed by atoms with Crippen LogP contribution in [0.5, 0.6) is 0 Å². The maximum absolute atomic E-state index is 11.8. The van der Waals surface area contributed by atoms with Crippen LogP contribution < -0.4 is 10.9 Å². The van der Waals surface area contributed by atoms with Crippen LogP contribution in [0.25, 0.3) is 0 Å². The van der Waals surface area contributed by atoms with Gasteiger partial charge in [-0.15, -0.1) is 0 Å². The molecule has 116 valence electrons. The molecule has 1 aliphatic heterocycles. The lowest BCUT2D eigenvalue weighted by Gasteiger charge is -2.09. The summed E-state index contributed by atoms with van der Waals surface area (Å²) in [5.74, 6) is -0.174. The predicted octanol–water partition coefficient (Wildman–Crippen LogP) is 1.02. The second-order valence-electron chi connectivity index (χ2n) is 5.45. The maximum atomic E-state index is 11.8. The Kier molecular flexibility index (Phi) is 5.92. The van der Waals surface area contributed by atoms with Crippen LogP contribution in [0, 0.1) is 6.92 Å². The fourth-order valence-electron chi connectivity index (χ4n) is 2.45. The summed E-state index contributed by atoms with van der Waals surface area (Å²) in [7, 11) is 0. The number of carbonyl (C=O) groups is 1. The molecule has 0 aliphatic carbocycles. The Morgan fingerprint density at radius 1 is 1.48 bits per heavy atom. The van der Waals surface area contributed by atoms with E-state index in [1.807, 2.05) is 0 Å². The van der Waals surface area contributed by atoms with Crippen molar-refractivity contribution in [2.24, 2.45) is 0 Å². The summed E-state index contributed by atoms with van der Waals surface area (Å²) < 4.78 is 6.74. The molecule has 6 nitrogen and oxygen atoms in total. The smallest absolute Gasteiger partial charge is 0.267 e. The molecule has 1 aliphatic rings. The number of amides is 1. The monoisotopic (exact) mass is 293 g/mol. The van der Waals surface area contributed by atoms with E-state index >= 15 is 0 Å². The Labute approximate surface area is 124 Å². The number of rotatable bonds is 7. The van der Waals surface area contributed by atoms with Gasteiger partial charge >= 0.3 is 0 Å². The average molecular weight is 293 g/mol. The van der Waals surface area contributed by atoms with Crippen LogP contribution in [0.3, 0.4) is 0 Å². The molecule has 1 fully saturated rings. The van der Waals surface area contributed by atoms with Gasteiger partial charge in [-0.05, 0) is 45.1 Å². The van der Waals surface area contributed by atoms with Gasteiger partial charge < -0.3 is 10.1 Å². The highest BCUT2D eigenvalue weighted by atomic mass is 16.5. The van der Waals surface area contributed by atoms with Crippen molar-refractivity contribution in [3.8, 4) is 0 Å². The molecule has 2 rings (SSSR count). The number of hydrogen-bond donors (Lipinski definition) is 1. The summed E-state index contributed by atoms with van der Waals surface area (Å²) in [5, 5.41) is 6.86. The fraction of sp³-hybridized carbons (Fsp3) is 0.667. The van der Waals surface area contributed by atoms with Gasteiger partial charge in [0.05, 0.1) is 11.8 Å². The first-order valence-corrected chi connectivity index (χ1v) is 7.58. The van der Waals surface area contributed by atoms with Crippen molar-refractivity contribution in [2.45, 2.75) is 51.7 Å². The highest BCUT2D eigenvalue weighted by Crippen LogP contribution is 2.17. The van der Waals surface area contributed by atoms with Crippen molar-refractivity contribution < 1.29 is 9.53 Å². The zero-order chi connectivity index (χ0) is 15.1. The van der Waals surface area contributed by atoms with Crippen LogP contribution in [-0.4, -0.2) is 34.9 Å². The van der Waals surface area contributed by atoms with E-state index in [-0.39, 0.29) is 18.0 Å². The Morgan fingerprint density at radius 2 is 2.33 bits per heavy atom. The van der Waals surface area contributed by atoms with Gasteiger partial charge in [-0.25, -0.2) is 4.68 Å². The molecule has 2 heterocycles. The van der Waals surface area contributed by atoms with Crippen LogP contribution in [-0.2, 0) is 16.1 Å². The molecule has 1 amide bonds. The van der Waals surface area contributed by atoms with E-state index in [1.165, 1.54) is 17.2 Å². The number of nitrogens with zero attached hydrogens (tertiary/aromatic N) is 2. The molecular formula is C15H23N3O3. The number of hydrogen-bond acceptors (Lipinski definition) is 4. The number of nitrogens with one attached hydrogen (secondary N) is 1. The molecule has 1 unspecified atom stereocenters. The normalized spacial score (nSPS) is 17.9. The van der Waals surface area contributed by atoms with E-state index in [4.69, 9.17) is 4.74 Å². The Morgan fingerprint density at radius 3 is 3.10 bits per heavy atom. The lowest BCUT2D eigenvalue weighted by molar-refractivity contribution is -0.121. The summed E-state index contributed by atoms with van der Waals surface area (Å²) in [5.41, 5.74) is 0.466. The lowest BCUT2D eigenvalue weighted by atomic mass is 10.1. The van der Waals surface area contributed by atoms with Crippen LogP contribution in [0.2, 0.25) is 0 Å². The standard InChI is InChI=1S/C15H23N3O3/c1-12-7-8-15(20)18(17-12)11-14(19)16-9-3-2-5-13-6-4-10-21-13/h7-8,13H,2-6,9-11H2,1H3,(H,16,19). The Balaban J connectivity index is 1.63. The zero-order valence-electron chi connectivity index (χ0n) is 12.5. The van der Waals surface area contributed by atoms with Gasteiger partial charge in [-0.2, -0.15) is 5.10 Å². The summed E-state index contributed by atoms with van der Waals surface area (Å²) in [4.78, 5) is 23.3. The summed E-state index contributed by atoms with van der Waals surface area (Å²) in [6.45, 7) is 3.29. The molecule has 0 bridgehead atoms. The van der Waals surface area contributed by atoms with Crippen LogP contribution in [0.4, 0.5) is 0 Å². The molecule has 0 aromatic carbocycles. The summed E-state index contributed by atoms with van der Waals surface area (Å²) in [6.07, 6.45) is 5.79. The number of ether oxygens (including phenoxy) is 1. The van der Waals surface area contributed by atoms with Crippen molar-refractivity contribution in [3.05, 3.63) is 28.2 Å². The quantitative estimate of drug-likeness (QED) is 0.762. The van der Waals surface area contributed by atoms with Gasteiger partial charge in [0, 0.05) is 19.2 Å². The minimum atomic E-state index is -0.255. The van der Waals surface area contributed by atoms with Gasteiger partial charge in [-0.1, -0.05) is 0 Å². The van der Waals surface area contributed by atoms with Crippen LogP contribution >= 0.6 is 0 Å². The maximum Gasteiger partial charge on any atom is 0.267 e. The second kappa shape index (κ2) is 7.93. The van der Waals surface area contributed by atoms with Gasteiger partial charge in [0.25, 0.3) is 5.56 Å². The van der Waals surface area contributed by atoms with Gasteiger partial charge in [-0.3, -0.25) is 9.59 Å². The lowest BCUT2D eigenvalue weighted by Crippen LogP contribution is -2.34. The third-order valence-electron chi connectivity index (χ3n) is 3.59. The van der Waals surface area contributed by atoms with E-state index in [1.54, 1.807) is 13.0 Å². The molecule has 1 N–H and O–H groups in total. The first-order chi connectivity index (χ1) is 10.1. The van der Waals surface area contributed by atoms with E-state index in [0.717, 1.165) is 38.0 Å². The number of unbranched alkanes of at least 4 members (excludes halogenated alkanes) is 1. The third kappa shape index (κ3) is 5.30. The van der Waals surface area contributed by atoms with E-state index in [2.05, 4.69) is 10.4 Å². The zero-order valence-corrected chi connectivity index (χ0v) is 12.5. The number of aromatic nitrogens is 2. The molecule has 0 saturated carbocycles. The van der Waals surface area contributed by atoms with Crippen molar-refractivity contribution in [1.29, 1.82) is 0 Å². The molecule has 1 saturated heterocycles. The molecule has 6 heteroatoms. The highest BCUT2D eigenvalue weighted by molar-refractivity contribution is 5.75. The van der Waals surface area contributed by atoms with E-state index in [0.29, 0.717) is 12.6 Å². The van der Waals surface area contributed by atoms with Gasteiger partial charge in [0.1, 0.15) is 6.54 Å².